The molecule has 1 fully saturated rings. The van der Waals surface area contributed by atoms with Gasteiger partial charge in [0.25, 0.3) is 0 Å². The van der Waals surface area contributed by atoms with Crippen LogP contribution in [0.2, 0.25) is 5.02 Å². The van der Waals surface area contributed by atoms with E-state index < -0.39 is 17.7 Å². The van der Waals surface area contributed by atoms with E-state index in [1.54, 1.807) is 23.2 Å². The number of carbonyl (C=O) groups is 1. The summed E-state index contributed by atoms with van der Waals surface area (Å²) in [5, 5.41) is 4.62. The van der Waals surface area contributed by atoms with E-state index in [1.807, 2.05) is 18.2 Å². The van der Waals surface area contributed by atoms with E-state index in [1.165, 1.54) is 6.07 Å². The van der Waals surface area contributed by atoms with E-state index in [0.717, 1.165) is 40.2 Å². The van der Waals surface area contributed by atoms with Gasteiger partial charge in [0.1, 0.15) is 0 Å². The summed E-state index contributed by atoms with van der Waals surface area (Å²) in [6.07, 6.45) is 1.67. The zero-order chi connectivity index (χ0) is 20.5. The molecule has 1 aliphatic rings. The number of nitrogens with one attached hydrogen (secondary N) is 1. The summed E-state index contributed by atoms with van der Waals surface area (Å²) in [5.41, 5.74) is 1.44. The van der Waals surface area contributed by atoms with Crippen molar-refractivity contribution >= 4 is 39.2 Å². The minimum Gasteiger partial charge on any atom is -0.331 e. The summed E-state index contributed by atoms with van der Waals surface area (Å²) in [5.74, 6) is -1.49. The van der Waals surface area contributed by atoms with E-state index in [2.05, 4.69) is 5.32 Å². The Morgan fingerprint density at radius 3 is 2.69 bits per heavy atom. The Kier molecular flexibility index (Phi) is 5.69. The molecule has 0 spiro atoms. The van der Waals surface area contributed by atoms with Gasteiger partial charge in [0.2, 0.25) is 0 Å². The molecule has 3 aromatic rings. The van der Waals surface area contributed by atoms with Gasteiger partial charge in [0, 0.05) is 24.0 Å². The van der Waals surface area contributed by atoms with Crippen LogP contribution < -0.4 is 5.32 Å². The zero-order valence-corrected chi connectivity index (χ0v) is 17.4. The van der Waals surface area contributed by atoms with E-state index in [0.29, 0.717) is 29.6 Å². The third-order valence-electron chi connectivity index (χ3n) is 5.28. The van der Waals surface area contributed by atoms with Crippen molar-refractivity contribution in [2.24, 2.45) is 0 Å². The number of likely N-dealkylation sites (tertiary alicyclic amines) is 1. The maximum Gasteiger partial charge on any atom is 0.317 e. The molecule has 0 saturated carbocycles. The number of nitrogens with zero attached hydrogens (tertiary/aromatic N) is 2. The first kappa shape index (κ1) is 20.0. The van der Waals surface area contributed by atoms with Crippen molar-refractivity contribution in [3.63, 3.8) is 0 Å². The molecule has 1 atom stereocenters. The average molecular weight is 436 g/mol. The molecule has 0 radical (unpaired) electrons. The van der Waals surface area contributed by atoms with Crippen LogP contribution in [0.3, 0.4) is 0 Å². The molecule has 4 rings (SSSR count). The second-order valence-electron chi connectivity index (χ2n) is 7.27. The van der Waals surface area contributed by atoms with Crippen LogP contribution in [-0.2, 0) is 0 Å². The lowest BCUT2D eigenvalue weighted by molar-refractivity contribution is 0.178. The van der Waals surface area contributed by atoms with Crippen LogP contribution in [0.5, 0.6) is 0 Å². The number of rotatable bonds is 3. The molecular formula is C21H20ClF2N3OS. The largest absolute Gasteiger partial charge is 0.331 e. The van der Waals surface area contributed by atoms with Crippen molar-refractivity contribution in [3.8, 4) is 0 Å². The standard InChI is InChI=1S/C21H20ClF2N3OS/c1-12(14-2-4-16(23)17(24)10-14)25-21(28)27-8-6-13(7-9-27)20-26-18-11-15(22)3-5-19(18)29-20/h2-5,10-13H,6-9H2,1H3,(H,25,28). The van der Waals surface area contributed by atoms with Gasteiger partial charge in [0.15, 0.2) is 11.6 Å². The first-order valence-corrected chi connectivity index (χ1v) is 10.7. The summed E-state index contributed by atoms with van der Waals surface area (Å²) in [6, 6.07) is 8.79. The van der Waals surface area contributed by atoms with Crippen LogP contribution in [-0.4, -0.2) is 29.0 Å². The van der Waals surface area contributed by atoms with Gasteiger partial charge >= 0.3 is 6.03 Å². The van der Waals surface area contributed by atoms with Crippen molar-refractivity contribution in [2.45, 2.75) is 31.7 Å². The molecule has 0 aliphatic carbocycles. The van der Waals surface area contributed by atoms with Crippen molar-refractivity contribution in [2.75, 3.05) is 13.1 Å². The van der Waals surface area contributed by atoms with E-state index in [-0.39, 0.29) is 6.03 Å². The second-order valence-corrected chi connectivity index (χ2v) is 8.77. The molecule has 1 unspecified atom stereocenters. The average Bonchev–Trinajstić information content (AvgIpc) is 3.13. The predicted octanol–water partition coefficient (Wildman–Crippen LogP) is 5.88. The minimum absolute atomic E-state index is 0.197. The summed E-state index contributed by atoms with van der Waals surface area (Å²) >= 11 is 7.72. The highest BCUT2D eigenvalue weighted by Gasteiger charge is 2.26. The first-order chi connectivity index (χ1) is 13.9. The number of carbonyl (C=O) groups excluding carboxylic acids is 1. The highest BCUT2D eigenvalue weighted by atomic mass is 35.5. The van der Waals surface area contributed by atoms with Gasteiger partial charge in [-0.2, -0.15) is 0 Å². The highest BCUT2D eigenvalue weighted by Crippen LogP contribution is 2.34. The van der Waals surface area contributed by atoms with E-state index in [9.17, 15) is 13.6 Å². The Morgan fingerprint density at radius 1 is 1.21 bits per heavy atom. The van der Waals surface area contributed by atoms with E-state index in [4.69, 9.17) is 16.6 Å². The molecule has 1 N–H and O–H groups in total. The van der Waals surface area contributed by atoms with Gasteiger partial charge in [0.05, 0.1) is 21.3 Å². The van der Waals surface area contributed by atoms with Crippen molar-refractivity contribution < 1.29 is 13.6 Å². The third kappa shape index (κ3) is 4.36. The molecule has 4 nitrogen and oxygen atoms in total. The number of hydrogen-bond acceptors (Lipinski definition) is 3. The molecular weight excluding hydrogens is 416 g/mol. The summed E-state index contributed by atoms with van der Waals surface area (Å²) in [7, 11) is 0. The summed E-state index contributed by atoms with van der Waals surface area (Å²) < 4.78 is 27.6. The fraction of sp³-hybridized carbons (Fsp3) is 0.333. The number of urea groups is 1. The molecule has 29 heavy (non-hydrogen) atoms. The molecule has 0 bridgehead atoms. The van der Waals surface area contributed by atoms with Crippen molar-refractivity contribution in [1.82, 2.24) is 15.2 Å². The topological polar surface area (TPSA) is 45.2 Å². The lowest BCUT2D eigenvalue weighted by Gasteiger charge is -2.32. The summed E-state index contributed by atoms with van der Waals surface area (Å²) in [6.45, 7) is 3.00. The van der Waals surface area contributed by atoms with Crippen molar-refractivity contribution in [3.05, 3.63) is 63.6 Å². The number of benzene rings is 2. The Balaban J connectivity index is 1.35. The number of amides is 2. The van der Waals surface area contributed by atoms with Gasteiger partial charge in [-0.05, 0) is 55.7 Å². The smallest absolute Gasteiger partial charge is 0.317 e. The Bertz CT molecular complexity index is 1050. The number of piperidine rings is 1. The highest BCUT2D eigenvalue weighted by molar-refractivity contribution is 7.18. The minimum atomic E-state index is -0.915. The normalized spacial score (nSPS) is 16.2. The second kappa shape index (κ2) is 8.24. The van der Waals surface area contributed by atoms with Gasteiger partial charge in [-0.1, -0.05) is 17.7 Å². The van der Waals surface area contributed by atoms with Gasteiger partial charge in [-0.25, -0.2) is 18.6 Å². The van der Waals surface area contributed by atoms with Gasteiger partial charge in [-0.3, -0.25) is 0 Å². The Morgan fingerprint density at radius 2 is 1.97 bits per heavy atom. The molecule has 152 valence electrons. The molecule has 2 aromatic carbocycles. The lowest BCUT2D eigenvalue weighted by atomic mass is 9.98. The third-order valence-corrected chi connectivity index (χ3v) is 6.72. The molecule has 2 heterocycles. The summed E-state index contributed by atoms with van der Waals surface area (Å²) in [4.78, 5) is 19.1. The fourth-order valence-electron chi connectivity index (χ4n) is 3.56. The number of thiazole rings is 1. The molecule has 1 aliphatic heterocycles. The lowest BCUT2D eigenvalue weighted by Crippen LogP contribution is -2.44. The van der Waals surface area contributed by atoms with Crippen molar-refractivity contribution in [1.29, 1.82) is 0 Å². The van der Waals surface area contributed by atoms with Gasteiger partial charge < -0.3 is 10.2 Å². The Hall–Kier alpha value is -2.25. The molecule has 2 amide bonds. The first-order valence-electron chi connectivity index (χ1n) is 9.47. The van der Waals surface area contributed by atoms with Crippen LogP contribution in [0.15, 0.2) is 36.4 Å². The van der Waals surface area contributed by atoms with Crippen LogP contribution in [0.25, 0.3) is 10.2 Å². The maximum absolute atomic E-state index is 13.4. The number of fused-ring (bicyclic) bond motifs is 1. The SMILES string of the molecule is CC(NC(=O)N1CCC(c2nc3cc(Cl)ccc3s2)CC1)c1ccc(F)c(F)c1. The fourth-order valence-corrected chi connectivity index (χ4v) is 4.85. The number of aromatic nitrogens is 1. The Labute approximate surface area is 176 Å². The number of hydrogen-bond donors (Lipinski definition) is 1. The van der Waals surface area contributed by atoms with Gasteiger partial charge in [-0.15, -0.1) is 11.3 Å². The van der Waals surface area contributed by atoms with Crippen LogP contribution in [0.1, 0.15) is 42.3 Å². The van der Waals surface area contributed by atoms with Crippen LogP contribution in [0, 0.1) is 11.6 Å². The maximum atomic E-state index is 13.4. The van der Waals surface area contributed by atoms with E-state index >= 15 is 0 Å². The van der Waals surface area contributed by atoms with Crippen LogP contribution >= 0.6 is 22.9 Å². The molecule has 1 saturated heterocycles. The molecule has 1 aromatic heterocycles. The number of halogens is 3. The quantitative estimate of drug-likeness (QED) is 0.558. The predicted molar refractivity (Wildman–Crippen MR) is 111 cm³/mol. The monoisotopic (exact) mass is 435 g/mol. The van der Waals surface area contributed by atoms with Crippen LogP contribution in [0.4, 0.5) is 13.6 Å². The molecule has 8 heteroatoms. The zero-order valence-electron chi connectivity index (χ0n) is 15.8.